The van der Waals surface area contributed by atoms with Crippen LogP contribution in [0.15, 0.2) is 40.8 Å². The van der Waals surface area contributed by atoms with Crippen molar-refractivity contribution in [2.24, 2.45) is 4.99 Å². The highest BCUT2D eigenvalue weighted by atomic mass is 127. The largest absolute Gasteiger partial charge is 0.493 e. The summed E-state index contributed by atoms with van der Waals surface area (Å²) in [5, 5.41) is 9.91. The van der Waals surface area contributed by atoms with Crippen LogP contribution in [0.2, 0.25) is 0 Å². The SMILES string of the molecule is CC(CNC(=NCC(=O)N(C)C)NC1CCOc2ccccc21)c1nccs1.I. The van der Waals surface area contributed by atoms with Crippen molar-refractivity contribution in [3.63, 3.8) is 0 Å². The van der Waals surface area contributed by atoms with Gasteiger partial charge in [0, 0.05) is 50.1 Å². The lowest BCUT2D eigenvalue weighted by molar-refractivity contribution is -0.127. The zero-order chi connectivity index (χ0) is 19.9. The Morgan fingerprint density at radius 1 is 1.41 bits per heavy atom. The molecule has 1 aromatic heterocycles. The summed E-state index contributed by atoms with van der Waals surface area (Å²) < 4.78 is 5.74. The molecule has 0 saturated heterocycles. The first-order valence-electron chi connectivity index (χ1n) is 9.40. The Morgan fingerprint density at radius 3 is 2.93 bits per heavy atom. The van der Waals surface area contributed by atoms with Gasteiger partial charge in [0.05, 0.1) is 17.7 Å². The van der Waals surface area contributed by atoms with Gasteiger partial charge in [0.2, 0.25) is 5.91 Å². The standard InChI is InChI=1S/C20H27N5O2S.HI/c1-14(19-21-9-11-28-19)12-22-20(23-13-18(26)25(2)3)24-16-8-10-27-17-7-5-4-6-15(16)17;/h4-7,9,11,14,16H,8,10,12-13H2,1-3H3,(H2,22,23,24);1H. The van der Waals surface area contributed by atoms with Crippen LogP contribution in [0.25, 0.3) is 0 Å². The average Bonchev–Trinajstić information content (AvgIpc) is 3.24. The van der Waals surface area contributed by atoms with Gasteiger partial charge in [-0.2, -0.15) is 0 Å². The van der Waals surface area contributed by atoms with Crippen molar-refractivity contribution in [2.75, 3.05) is 33.8 Å². The molecule has 0 spiro atoms. The third-order valence-corrected chi connectivity index (χ3v) is 5.60. The molecule has 0 saturated carbocycles. The van der Waals surface area contributed by atoms with Gasteiger partial charge in [-0.1, -0.05) is 25.1 Å². The molecular formula is C20H28IN5O2S. The second-order valence-electron chi connectivity index (χ2n) is 6.98. The Hall–Kier alpha value is -1.88. The van der Waals surface area contributed by atoms with Crippen molar-refractivity contribution < 1.29 is 9.53 Å². The summed E-state index contributed by atoms with van der Waals surface area (Å²) in [5.41, 5.74) is 1.11. The number of halogens is 1. The van der Waals surface area contributed by atoms with E-state index in [2.05, 4.69) is 33.6 Å². The monoisotopic (exact) mass is 529 g/mol. The number of amides is 1. The molecule has 9 heteroatoms. The molecule has 2 unspecified atom stereocenters. The van der Waals surface area contributed by atoms with Crippen LogP contribution in [0.1, 0.15) is 35.9 Å². The summed E-state index contributed by atoms with van der Waals surface area (Å²) in [6.45, 7) is 3.55. The van der Waals surface area contributed by atoms with E-state index in [0.29, 0.717) is 19.1 Å². The molecule has 2 atom stereocenters. The normalized spacial score (nSPS) is 16.7. The molecule has 0 aliphatic carbocycles. The van der Waals surface area contributed by atoms with Gasteiger partial charge in [-0.15, -0.1) is 35.3 Å². The lowest BCUT2D eigenvalue weighted by atomic mass is 10.0. The number of guanidine groups is 1. The number of carbonyl (C=O) groups is 1. The lowest BCUT2D eigenvalue weighted by Crippen LogP contribution is -2.43. The molecule has 2 heterocycles. The fraction of sp³-hybridized carbons (Fsp3) is 0.450. The highest BCUT2D eigenvalue weighted by Crippen LogP contribution is 2.31. The number of aliphatic imine (C=N–C) groups is 1. The van der Waals surface area contributed by atoms with Crippen LogP contribution < -0.4 is 15.4 Å². The molecule has 0 radical (unpaired) electrons. The number of nitrogens with one attached hydrogen (secondary N) is 2. The van der Waals surface area contributed by atoms with E-state index >= 15 is 0 Å². The number of ether oxygens (including phenoxy) is 1. The maximum Gasteiger partial charge on any atom is 0.243 e. The third-order valence-electron chi connectivity index (χ3n) is 4.59. The van der Waals surface area contributed by atoms with Crippen molar-refractivity contribution in [1.29, 1.82) is 0 Å². The fourth-order valence-electron chi connectivity index (χ4n) is 2.91. The van der Waals surface area contributed by atoms with E-state index in [9.17, 15) is 4.79 Å². The smallest absolute Gasteiger partial charge is 0.243 e. The van der Waals surface area contributed by atoms with Gasteiger partial charge in [-0.05, 0) is 6.07 Å². The Morgan fingerprint density at radius 2 is 2.21 bits per heavy atom. The topological polar surface area (TPSA) is 78.9 Å². The minimum atomic E-state index is -0.0403. The molecule has 1 aliphatic heterocycles. The maximum absolute atomic E-state index is 12.0. The first-order chi connectivity index (χ1) is 13.5. The predicted molar refractivity (Wildman–Crippen MR) is 127 cm³/mol. The summed E-state index contributed by atoms with van der Waals surface area (Å²) in [6, 6.07) is 8.10. The average molecular weight is 529 g/mol. The zero-order valence-electron chi connectivity index (χ0n) is 16.9. The molecule has 0 fully saturated rings. The summed E-state index contributed by atoms with van der Waals surface area (Å²) in [5.74, 6) is 1.73. The molecule has 7 nitrogen and oxygen atoms in total. The molecule has 0 bridgehead atoms. The third kappa shape index (κ3) is 6.56. The van der Waals surface area contributed by atoms with Crippen molar-refractivity contribution in [1.82, 2.24) is 20.5 Å². The summed E-state index contributed by atoms with van der Waals surface area (Å²) >= 11 is 1.64. The number of aromatic nitrogens is 1. The van der Waals surface area contributed by atoms with Crippen molar-refractivity contribution >= 4 is 47.2 Å². The Kier molecular flexibility index (Phi) is 9.15. The van der Waals surface area contributed by atoms with E-state index < -0.39 is 0 Å². The van der Waals surface area contributed by atoms with E-state index in [4.69, 9.17) is 4.74 Å². The second-order valence-corrected chi connectivity index (χ2v) is 7.90. The molecule has 2 N–H and O–H groups in total. The Balaban J connectivity index is 0.00000300. The number of benzene rings is 1. The molecule has 3 rings (SSSR count). The number of thiazole rings is 1. The van der Waals surface area contributed by atoms with E-state index in [0.717, 1.165) is 22.7 Å². The Bertz CT molecular complexity index is 813. The van der Waals surface area contributed by atoms with Crippen LogP contribution in [-0.4, -0.2) is 55.5 Å². The van der Waals surface area contributed by atoms with Gasteiger partial charge < -0.3 is 20.3 Å². The molecule has 1 aliphatic rings. The van der Waals surface area contributed by atoms with Gasteiger partial charge >= 0.3 is 0 Å². The van der Waals surface area contributed by atoms with Crippen LogP contribution in [0, 0.1) is 0 Å². The highest BCUT2D eigenvalue weighted by Gasteiger charge is 2.22. The number of likely N-dealkylation sites (N-methyl/N-ethyl adjacent to an activating group) is 1. The Labute approximate surface area is 193 Å². The number of para-hydroxylation sites is 1. The van der Waals surface area contributed by atoms with Crippen LogP contribution in [0.4, 0.5) is 0 Å². The summed E-state index contributed by atoms with van der Waals surface area (Å²) in [6.07, 6.45) is 2.65. The van der Waals surface area contributed by atoms with Crippen molar-refractivity contribution in [2.45, 2.75) is 25.3 Å². The zero-order valence-corrected chi connectivity index (χ0v) is 20.1. The van der Waals surface area contributed by atoms with Gasteiger partial charge in [0.25, 0.3) is 0 Å². The van der Waals surface area contributed by atoms with Gasteiger partial charge in [0.15, 0.2) is 5.96 Å². The number of hydrogen-bond acceptors (Lipinski definition) is 5. The number of rotatable bonds is 6. The van der Waals surface area contributed by atoms with Gasteiger partial charge in [-0.25, -0.2) is 9.98 Å². The first kappa shape index (κ1) is 23.4. The minimum absolute atomic E-state index is 0. The lowest BCUT2D eigenvalue weighted by Gasteiger charge is -2.28. The molecular weight excluding hydrogens is 501 g/mol. The minimum Gasteiger partial charge on any atom is -0.493 e. The van der Waals surface area contributed by atoms with Crippen LogP contribution in [0.5, 0.6) is 5.75 Å². The summed E-state index contributed by atoms with van der Waals surface area (Å²) in [4.78, 5) is 22.4. The predicted octanol–water partition coefficient (Wildman–Crippen LogP) is 3.01. The number of fused-ring (bicyclic) bond motifs is 1. The quantitative estimate of drug-likeness (QED) is 0.342. The van der Waals surface area contributed by atoms with Crippen molar-refractivity contribution in [3.05, 3.63) is 46.4 Å². The van der Waals surface area contributed by atoms with Crippen LogP contribution >= 0.6 is 35.3 Å². The molecule has 29 heavy (non-hydrogen) atoms. The van der Waals surface area contributed by atoms with Crippen LogP contribution in [-0.2, 0) is 4.79 Å². The fourth-order valence-corrected chi connectivity index (χ4v) is 3.61. The molecule has 1 aromatic carbocycles. The summed E-state index contributed by atoms with van der Waals surface area (Å²) in [7, 11) is 3.47. The first-order valence-corrected chi connectivity index (χ1v) is 10.3. The van der Waals surface area contributed by atoms with E-state index in [1.807, 2.05) is 29.8 Å². The van der Waals surface area contributed by atoms with Crippen LogP contribution in [0.3, 0.4) is 0 Å². The van der Waals surface area contributed by atoms with Gasteiger partial charge in [0.1, 0.15) is 12.3 Å². The number of nitrogens with zero attached hydrogens (tertiary/aromatic N) is 3. The molecule has 1 amide bonds. The maximum atomic E-state index is 12.0. The number of hydrogen-bond donors (Lipinski definition) is 2. The van der Waals surface area contributed by atoms with Crippen molar-refractivity contribution in [3.8, 4) is 5.75 Å². The van der Waals surface area contributed by atoms with E-state index in [1.165, 1.54) is 0 Å². The van der Waals surface area contributed by atoms with Gasteiger partial charge in [-0.3, -0.25) is 4.79 Å². The highest BCUT2D eigenvalue weighted by molar-refractivity contribution is 14.0. The number of carbonyl (C=O) groups excluding carboxylic acids is 1. The second kappa shape index (κ2) is 11.3. The van der Waals surface area contributed by atoms with E-state index in [-0.39, 0.29) is 48.4 Å². The van der Waals surface area contributed by atoms with E-state index in [1.54, 1.807) is 30.3 Å². The molecule has 158 valence electrons. The molecule has 2 aromatic rings.